The molecule has 0 aliphatic carbocycles. The van der Waals surface area contributed by atoms with Crippen molar-refractivity contribution >= 4 is 5.91 Å². The van der Waals surface area contributed by atoms with Gasteiger partial charge < -0.3 is 19.2 Å². The van der Waals surface area contributed by atoms with E-state index in [0.29, 0.717) is 48.0 Å². The van der Waals surface area contributed by atoms with E-state index >= 15 is 0 Å². The van der Waals surface area contributed by atoms with Crippen molar-refractivity contribution in [1.82, 2.24) is 15.1 Å². The van der Waals surface area contributed by atoms with Crippen LogP contribution in [0.3, 0.4) is 0 Å². The standard InChI is InChI=1S/C20H21N3O5/c1-26-17-7-3-6-14(19(17)27-2)20(25)21-11-5-12-23-18(24)10-9-15(22-23)16-8-4-13-28-16/h3-4,6-10,13H,5,11-12H2,1-2H3,(H,21,25). The lowest BCUT2D eigenvalue weighted by molar-refractivity contribution is 0.0949. The quantitative estimate of drug-likeness (QED) is 0.600. The molecule has 8 nitrogen and oxygen atoms in total. The number of rotatable bonds is 8. The van der Waals surface area contributed by atoms with E-state index < -0.39 is 0 Å². The lowest BCUT2D eigenvalue weighted by atomic mass is 10.1. The van der Waals surface area contributed by atoms with Gasteiger partial charge in [-0.05, 0) is 36.8 Å². The van der Waals surface area contributed by atoms with Crippen LogP contribution in [0.2, 0.25) is 0 Å². The van der Waals surface area contributed by atoms with E-state index in [1.165, 1.54) is 25.0 Å². The molecule has 0 fully saturated rings. The first-order valence-corrected chi connectivity index (χ1v) is 8.75. The Labute approximate surface area is 161 Å². The third kappa shape index (κ3) is 4.22. The molecule has 2 aromatic heterocycles. The van der Waals surface area contributed by atoms with Crippen LogP contribution in [0.5, 0.6) is 11.5 Å². The normalized spacial score (nSPS) is 10.5. The summed E-state index contributed by atoms with van der Waals surface area (Å²) in [7, 11) is 3.00. The van der Waals surface area contributed by atoms with Crippen molar-refractivity contribution < 1.29 is 18.7 Å². The summed E-state index contributed by atoms with van der Waals surface area (Å²) in [4.78, 5) is 24.4. The number of benzene rings is 1. The van der Waals surface area contributed by atoms with Gasteiger partial charge in [0.2, 0.25) is 0 Å². The number of aryl methyl sites for hydroxylation is 1. The number of methoxy groups -OCH3 is 2. The fourth-order valence-corrected chi connectivity index (χ4v) is 2.76. The second-order valence-corrected chi connectivity index (χ2v) is 5.91. The first kappa shape index (κ1) is 19.2. The molecule has 1 N–H and O–H groups in total. The third-order valence-electron chi connectivity index (χ3n) is 4.12. The van der Waals surface area contributed by atoms with E-state index in [1.54, 1.807) is 42.7 Å². The summed E-state index contributed by atoms with van der Waals surface area (Å²) in [6.07, 6.45) is 2.08. The number of nitrogens with one attached hydrogen (secondary N) is 1. The molecule has 0 saturated carbocycles. The SMILES string of the molecule is COc1cccc(C(=O)NCCCn2nc(-c3ccco3)ccc2=O)c1OC. The molecule has 3 aromatic rings. The summed E-state index contributed by atoms with van der Waals surface area (Å²) in [5.41, 5.74) is 0.753. The van der Waals surface area contributed by atoms with Crippen molar-refractivity contribution in [3.8, 4) is 23.0 Å². The van der Waals surface area contributed by atoms with Crippen LogP contribution in [-0.4, -0.2) is 36.5 Å². The first-order chi connectivity index (χ1) is 13.6. The van der Waals surface area contributed by atoms with Crippen LogP contribution in [0.15, 0.2) is 57.9 Å². The lowest BCUT2D eigenvalue weighted by Crippen LogP contribution is -2.28. The van der Waals surface area contributed by atoms with Gasteiger partial charge in [-0.25, -0.2) is 4.68 Å². The number of hydrogen-bond acceptors (Lipinski definition) is 6. The Hall–Kier alpha value is -3.55. The first-order valence-electron chi connectivity index (χ1n) is 8.75. The van der Waals surface area contributed by atoms with Crippen molar-refractivity contribution in [1.29, 1.82) is 0 Å². The molecule has 28 heavy (non-hydrogen) atoms. The number of amides is 1. The Morgan fingerprint density at radius 2 is 2.00 bits per heavy atom. The molecule has 8 heteroatoms. The average Bonchev–Trinajstić information content (AvgIpc) is 3.26. The molecule has 0 aliphatic rings. The van der Waals surface area contributed by atoms with Gasteiger partial charge in [0.15, 0.2) is 17.3 Å². The van der Waals surface area contributed by atoms with Gasteiger partial charge >= 0.3 is 0 Å². The molecule has 0 saturated heterocycles. The number of carbonyl (C=O) groups is 1. The molecule has 0 radical (unpaired) electrons. The summed E-state index contributed by atoms with van der Waals surface area (Å²) < 4.78 is 17.1. The minimum Gasteiger partial charge on any atom is -0.493 e. The molecule has 3 rings (SSSR count). The summed E-state index contributed by atoms with van der Waals surface area (Å²) >= 11 is 0. The van der Waals surface area contributed by atoms with E-state index in [0.717, 1.165) is 0 Å². The van der Waals surface area contributed by atoms with Crippen LogP contribution in [0.4, 0.5) is 0 Å². The summed E-state index contributed by atoms with van der Waals surface area (Å²) in [5.74, 6) is 1.18. The maximum absolute atomic E-state index is 12.4. The second-order valence-electron chi connectivity index (χ2n) is 5.91. The topological polar surface area (TPSA) is 95.6 Å². The zero-order valence-corrected chi connectivity index (χ0v) is 15.7. The van der Waals surface area contributed by atoms with Crippen LogP contribution >= 0.6 is 0 Å². The van der Waals surface area contributed by atoms with Crippen molar-refractivity contribution in [3.05, 3.63) is 64.6 Å². The molecule has 0 aliphatic heterocycles. The third-order valence-corrected chi connectivity index (χ3v) is 4.12. The van der Waals surface area contributed by atoms with Crippen molar-refractivity contribution in [2.75, 3.05) is 20.8 Å². The Morgan fingerprint density at radius 3 is 2.71 bits per heavy atom. The van der Waals surface area contributed by atoms with Gasteiger partial charge in [0, 0.05) is 19.2 Å². The van der Waals surface area contributed by atoms with Crippen molar-refractivity contribution in [2.45, 2.75) is 13.0 Å². The van der Waals surface area contributed by atoms with Gasteiger partial charge in [-0.1, -0.05) is 6.07 Å². The highest BCUT2D eigenvalue weighted by Gasteiger charge is 2.15. The summed E-state index contributed by atoms with van der Waals surface area (Å²) in [6.45, 7) is 0.737. The molecule has 0 atom stereocenters. The highest BCUT2D eigenvalue weighted by Crippen LogP contribution is 2.30. The van der Waals surface area contributed by atoms with E-state index in [2.05, 4.69) is 10.4 Å². The van der Waals surface area contributed by atoms with Crippen LogP contribution in [-0.2, 0) is 6.54 Å². The van der Waals surface area contributed by atoms with Gasteiger partial charge in [0.25, 0.3) is 11.5 Å². The molecule has 0 spiro atoms. The van der Waals surface area contributed by atoms with E-state index in [1.807, 2.05) is 0 Å². The van der Waals surface area contributed by atoms with Gasteiger partial charge in [-0.15, -0.1) is 0 Å². The maximum Gasteiger partial charge on any atom is 0.266 e. The number of furan rings is 1. The minimum atomic E-state index is -0.277. The second kappa shape index (κ2) is 8.90. The Bertz CT molecular complexity index is 995. The van der Waals surface area contributed by atoms with Crippen LogP contribution in [0.25, 0.3) is 11.5 Å². The molecule has 1 amide bonds. The number of carbonyl (C=O) groups excluding carboxylic acids is 1. The number of aromatic nitrogens is 2. The summed E-state index contributed by atoms with van der Waals surface area (Å²) in [5, 5.41) is 7.12. The highest BCUT2D eigenvalue weighted by molar-refractivity contribution is 5.97. The van der Waals surface area contributed by atoms with E-state index in [4.69, 9.17) is 13.9 Å². The van der Waals surface area contributed by atoms with Gasteiger partial charge in [-0.3, -0.25) is 9.59 Å². The van der Waals surface area contributed by atoms with E-state index in [-0.39, 0.29) is 11.5 Å². The number of ether oxygens (including phenoxy) is 2. The largest absolute Gasteiger partial charge is 0.493 e. The smallest absolute Gasteiger partial charge is 0.266 e. The Morgan fingerprint density at radius 1 is 1.14 bits per heavy atom. The van der Waals surface area contributed by atoms with Gasteiger partial charge in [0.1, 0.15) is 5.69 Å². The Kier molecular flexibility index (Phi) is 6.11. The fraction of sp³-hybridized carbons (Fsp3) is 0.250. The molecule has 146 valence electrons. The van der Waals surface area contributed by atoms with Crippen molar-refractivity contribution in [2.24, 2.45) is 0 Å². The van der Waals surface area contributed by atoms with E-state index in [9.17, 15) is 9.59 Å². The number of para-hydroxylation sites is 1. The van der Waals surface area contributed by atoms with Gasteiger partial charge in [0.05, 0.1) is 26.0 Å². The van der Waals surface area contributed by atoms with Crippen LogP contribution < -0.4 is 20.3 Å². The molecular weight excluding hydrogens is 362 g/mol. The average molecular weight is 383 g/mol. The fourth-order valence-electron chi connectivity index (χ4n) is 2.76. The van der Waals surface area contributed by atoms with Crippen LogP contribution in [0.1, 0.15) is 16.8 Å². The maximum atomic E-state index is 12.4. The Balaban J connectivity index is 1.60. The van der Waals surface area contributed by atoms with Crippen molar-refractivity contribution in [3.63, 3.8) is 0 Å². The molecule has 2 heterocycles. The highest BCUT2D eigenvalue weighted by atomic mass is 16.5. The molecular formula is C20H21N3O5. The molecule has 1 aromatic carbocycles. The predicted molar refractivity (Wildman–Crippen MR) is 103 cm³/mol. The zero-order valence-electron chi connectivity index (χ0n) is 15.7. The lowest BCUT2D eigenvalue weighted by Gasteiger charge is -2.12. The summed E-state index contributed by atoms with van der Waals surface area (Å²) in [6, 6.07) is 11.7. The molecule has 0 unspecified atom stereocenters. The number of hydrogen-bond donors (Lipinski definition) is 1. The minimum absolute atomic E-state index is 0.212. The molecule has 0 bridgehead atoms. The monoisotopic (exact) mass is 383 g/mol. The zero-order chi connectivity index (χ0) is 19.9. The van der Waals surface area contributed by atoms with Crippen LogP contribution in [0, 0.1) is 0 Å². The predicted octanol–water partition coefficient (Wildman–Crippen LogP) is 2.34. The number of nitrogens with zero attached hydrogens (tertiary/aromatic N) is 2. The van der Waals surface area contributed by atoms with Gasteiger partial charge in [-0.2, -0.15) is 5.10 Å².